The Labute approximate surface area is 217 Å². The van der Waals surface area contributed by atoms with E-state index in [4.69, 9.17) is 0 Å². The molecule has 2 heteroatoms. The van der Waals surface area contributed by atoms with Gasteiger partial charge in [0.15, 0.2) is 0 Å². The molecule has 0 nitrogen and oxygen atoms in total. The van der Waals surface area contributed by atoms with Gasteiger partial charge in [-0.05, 0) is 84.3 Å². The van der Waals surface area contributed by atoms with Crippen LogP contribution in [0, 0.1) is 0 Å². The smallest absolute Gasteiger partial charge is 0.0257 e. The van der Waals surface area contributed by atoms with Crippen LogP contribution in [0.4, 0.5) is 0 Å². The van der Waals surface area contributed by atoms with E-state index in [0.29, 0.717) is 0 Å². The summed E-state index contributed by atoms with van der Waals surface area (Å²) in [6, 6.07) is 27.3. The van der Waals surface area contributed by atoms with E-state index >= 15 is 0 Å². The first-order chi connectivity index (χ1) is 16.2. The van der Waals surface area contributed by atoms with Gasteiger partial charge >= 0.3 is 0 Å². The van der Waals surface area contributed by atoms with Gasteiger partial charge in [0.25, 0.3) is 0 Å². The van der Waals surface area contributed by atoms with Crippen molar-refractivity contribution in [1.29, 1.82) is 0 Å². The van der Waals surface area contributed by atoms with Crippen molar-refractivity contribution >= 4 is 53.4 Å². The molecule has 7 rings (SSSR count). The molecule has 0 atom stereocenters. The highest BCUT2D eigenvalue weighted by atomic mass is 79.9. The minimum Gasteiger partial charge on any atom is -0.0616 e. The first kappa shape index (κ1) is 20.9. The number of fused-ring (bicyclic) bond motifs is 10. The van der Waals surface area contributed by atoms with E-state index in [-0.39, 0.29) is 10.8 Å². The first-order valence-corrected chi connectivity index (χ1v) is 13.4. The lowest BCUT2D eigenvalue weighted by molar-refractivity contribution is 0.639. The highest BCUT2D eigenvalue weighted by Crippen LogP contribution is 2.59. The van der Waals surface area contributed by atoms with Crippen LogP contribution in [0.25, 0.3) is 43.8 Å². The van der Waals surface area contributed by atoms with E-state index in [2.05, 4.69) is 132 Å². The maximum absolute atomic E-state index is 3.87. The molecule has 0 N–H and O–H groups in total. The van der Waals surface area contributed by atoms with Gasteiger partial charge in [0.05, 0.1) is 0 Å². The molecule has 0 heterocycles. The van der Waals surface area contributed by atoms with Crippen LogP contribution in [-0.2, 0) is 10.8 Å². The monoisotopic (exact) mass is 566 g/mol. The van der Waals surface area contributed by atoms with Gasteiger partial charge in [-0.2, -0.15) is 0 Å². The summed E-state index contributed by atoms with van der Waals surface area (Å²) in [5.74, 6) is 0. The van der Waals surface area contributed by atoms with Crippen LogP contribution in [0.2, 0.25) is 0 Å². The third-order valence-corrected chi connectivity index (χ3v) is 9.69. The van der Waals surface area contributed by atoms with Crippen molar-refractivity contribution in [2.75, 3.05) is 0 Å². The Hall–Kier alpha value is -2.42. The molecule has 5 aromatic rings. The normalized spacial score (nSPS) is 16.4. The van der Waals surface area contributed by atoms with E-state index < -0.39 is 0 Å². The fourth-order valence-corrected chi connectivity index (χ4v) is 7.72. The molecule has 0 amide bonds. The summed E-state index contributed by atoms with van der Waals surface area (Å²) < 4.78 is 2.36. The van der Waals surface area contributed by atoms with Crippen molar-refractivity contribution in [2.24, 2.45) is 0 Å². The van der Waals surface area contributed by atoms with Crippen molar-refractivity contribution in [3.63, 3.8) is 0 Å². The summed E-state index contributed by atoms with van der Waals surface area (Å²) >= 11 is 7.74. The SMILES string of the molecule is CC1(C)c2cc3c(cc2-c2c1cc(Br)c1ccccc21)-c1c(cc(Br)c2ccccc12)C3(C)C. The minimum atomic E-state index is -0.0558. The van der Waals surface area contributed by atoms with Gasteiger partial charge in [-0.25, -0.2) is 0 Å². The van der Waals surface area contributed by atoms with Crippen molar-refractivity contribution in [3.8, 4) is 22.3 Å². The fourth-order valence-electron chi connectivity index (χ4n) is 6.57. The third kappa shape index (κ3) is 2.44. The zero-order valence-corrected chi connectivity index (χ0v) is 22.9. The first-order valence-electron chi connectivity index (χ1n) is 11.8. The van der Waals surface area contributed by atoms with E-state index in [0.717, 1.165) is 0 Å². The lowest BCUT2D eigenvalue weighted by Gasteiger charge is -2.26. The zero-order valence-electron chi connectivity index (χ0n) is 19.7. The van der Waals surface area contributed by atoms with Crippen molar-refractivity contribution < 1.29 is 0 Å². The summed E-state index contributed by atoms with van der Waals surface area (Å²) in [7, 11) is 0. The molecule has 0 aliphatic heterocycles. The van der Waals surface area contributed by atoms with Crippen LogP contribution in [0.3, 0.4) is 0 Å². The zero-order chi connectivity index (χ0) is 23.6. The molecule has 0 aromatic heterocycles. The van der Waals surface area contributed by atoms with Crippen LogP contribution < -0.4 is 0 Å². The Morgan fingerprint density at radius 3 is 1.26 bits per heavy atom. The van der Waals surface area contributed by atoms with Gasteiger partial charge in [0, 0.05) is 19.8 Å². The number of benzene rings is 5. The maximum atomic E-state index is 3.87. The van der Waals surface area contributed by atoms with Crippen LogP contribution >= 0.6 is 31.9 Å². The van der Waals surface area contributed by atoms with Gasteiger partial charge < -0.3 is 0 Å². The van der Waals surface area contributed by atoms with Crippen LogP contribution in [0.15, 0.2) is 81.7 Å². The molecule has 0 fully saturated rings. The van der Waals surface area contributed by atoms with Gasteiger partial charge in [0.2, 0.25) is 0 Å². The quantitative estimate of drug-likeness (QED) is 0.174. The van der Waals surface area contributed by atoms with Crippen LogP contribution in [0.1, 0.15) is 49.9 Å². The molecule has 2 aliphatic carbocycles. The second-order valence-corrected chi connectivity index (χ2v) is 12.6. The minimum absolute atomic E-state index is 0.0558. The molecule has 2 aliphatic rings. The van der Waals surface area contributed by atoms with E-state index in [1.54, 1.807) is 0 Å². The second kappa shape index (κ2) is 6.62. The second-order valence-electron chi connectivity index (χ2n) is 10.8. The summed E-state index contributed by atoms with van der Waals surface area (Å²) in [4.78, 5) is 0. The molecule has 34 heavy (non-hydrogen) atoms. The number of hydrogen-bond donors (Lipinski definition) is 0. The summed E-state index contributed by atoms with van der Waals surface area (Å²) in [6.07, 6.45) is 0. The number of hydrogen-bond acceptors (Lipinski definition) is 0. The maximum Gasteiger partial charge on any atom is 0.0257 e. The molecular formula is C32H24Br2. The Morgan fingerprint density at radius 2 is 0.853 bits per heavy atom. The summed E-state index contributed by atoms with van der Waals surface area (Å²) in [5.41, 5.74) is 11.2. The Balaban J connectivity index is 1.64. The largest absolute Gasteiger partial charge is 0.0616 e. The van der Waals surface area contributed by atoms with Gasteiger partial charge in [-0.1, -0.05) is 114 Å². The van der Waals surface area contributed by atoms with Gasteiger partial charge in [-0.3, -0.25) is 0 Å². The van der Waals surface area contributed by atoms with Gasteiger partial charge in [0.1, 0.15) is 0 Å². The summed E-state index contributed by atoms with van der Waals surface area (Å²) in [5, 5.41) is 5.22. The molecule has 0 saturated carbocycles. The average Bonchev–Trinajstić information content (AvgIpc) is 3.18. The molecule has 166 valence electrons. The molecule has 0 radical (unpaired) electrons. The number of halogens is 2. The highest BCUT2D eigenvalue weighted by molar-refractivity contribution is 9.11. The van der Waals surface area contributed by atoms with Crippen molar-refractivity contribution in [3.05, 3.63) is 104 Å². The Kier molecular flexibility index (Phi) is 4.07. The number of rotatable bonds is 0. The summed E-state index contributed by atoms with van der Waals surface area (Å²) in [6.45, 7) is 9.53. The highest BCUT2D eigenvalue weighted by Gasteiger charge is 2.43. The average molecular weight is 568 g/mol. The molecule has 0 spiro atoms. The topological polar surface area (TPSA) is 0 Å². The van der Waals surface area contributed by atoms with E-state index in [9.17, 15) is 0 Å². The Morgan fingerprint density at radius 1 is 0.471 bits per heavy atom. The third-order valence-electron chi connectivity index (χ3n) is 8.38. The molecule has 0 saturated heterocycles. The molecule has 0 unspecified atom stereocenters. The van der Waals surface area contributed by atoms with E-state index in [1.165, 1.54) is 75.0 Å². The predicted molar refractivity (Wildman–Crippen MR) is 152 cm³/mol. The fraction of sp³-hybridized carbons (Fsp3) is 0.188. The standard InChI is InChI=1S/C32H24Br2/c1-31(2)23-14-24-22(13-21(23)29-19-11-7-5-9-17(19)27(33)15-25(29)31)30-20-12-8-6-10-18(20)28(34)16-26(30)32(24,3)4/h5-16H,1-4H3. The lowest BCUT2D eigenvalue weighted by Crippen LogP contribution is -2.19. The predicted octanol–water partition coefficient (Wildman–Crippen LogP) is 10.1. The lowest BCUT2D eigenvalue weighted by atomic mass is 9.77. The van der Waals surface area contributed by atoms with Crippen molar-refractivity contribution in [1.82, 2.24) is 0 Å². The van der Waals surface area contributed by atoms with Gasteiger partial charge in [-0.15, -0.1) is 0 Å². The van der Waals surface area contributed by atoms with Crippen LogP contribution in [0.5, 0.6) is 0 Å². The Bertz CT molecular complexity index is 1600. The molecule has 0 bridgehead atoms. The molecular weight excluding hydrogens is 544 g/mol. The molecule has 5 aromatic carbocycles. The van der Waals surface area contributed by atoms with Crippen molar-refractivity contribution in [2.45, 2.75) is 38.5 Å². The van der Waals surface area contributed by atoms with E-state index in [1.807, 2.05) is 0 Å². The van der Waals surface area contributed by atoms with Crippen LogP contribution in [-0.4, -0.2) is 0 Å².